The highest BCUT2D eigenvalue weighted by Crippen LogP contribution is 2.33. The average Bonchev–Trinajstić information content (AvgIpc) is 3.44. The highest BCUT2D eigenvalue weighted by atomic mass is 32.2. The molecule has 1 aromatic carbocycles. The number of hydrogen-bond acceptors (Lipinski definition) is 6. The SMILES string of the molecule is CC(C)NC(=O)c1cccc(N(C(=O)N(C)c2ncc(SCC(=O)O)s2)C2CCCC2)c1. The second kappa shape index (κ2) is 10.8. The van der Waals surface area contributed by atoms with E-state index in [2.05, 4.69) is 10.3 Å². The van der Waals surface area contributed by atoms with Crippen LogP contribution in [0.15, 0.2) is 34.7 Å². The van der Waals surface area contributed by atoms with Crippen LogP contribution in [0.4, 0.5) is 15.6 Å². The lowest BCUT2D eigenvalue weighted by atomic mass is 10.1. The summed E-state index contributed by atoms with van der Waals surface area (Å²) in [7, 11) is 1.67. The number of thiazole rings is 1. The summed E-state index contributed by atoms with van der Waals surface area (Å²) in [6.07, 6.45) is 5.51. The van der Waals surface area contributed by atoms with E-state index in [-0.39, 0.29) is 29.8 Å². The minimum atomic E-state index is -0.900. The maximum atomic E-state index is 13.6. The van der Waals surface area contributed by atoms with E-state index in [0.717, 1.165) is 29.9 Å². The van der Waals surface area contributed by atoms with E-state index in [1.54, 1.807) is 36.3 Å². The standard InChI is InChI=1S/C22H28N4O4S2/c1-14(2)24-20(29)15-7-6-10-17(11-15)26(16-8-4-5-9-16)22(30)25(3)21-23-12-19(32-21)31-13-18(27)28/h6-7,10-12,14,16H,4-5,8-9,13H2,1-3H3,(H,24,29)(H,27,28). The van der Waals surface area contributed by atoms with Crippen LogP contribution in [0.3, 0.4) is 0 Å². The molecular weight excluding hydrogens is 448 g/mol. The zero-order chi connectivity index (χ0) is 23.3. The Balaban J connectivity index is 1.85. The number of aromatic nitrogens is 1. The number of anilines is 2. The fraction of sp³-hybridized carbons (Fsp3) is 0.455. The molecule has 0 spiro atoms. The number of carboxylic acids is 1. The Kier molecular flexibility index (Phi) is 8.14. The Hall–Kier alpha value is -2.59. The van der Waals surface area contributed by atoms with Gasteiger partial charge < -0.3 is 10.4 Å². The summed E-state index contributed by atoms with van der Waals surface area (Å²) in [6.45, 7) is 3.81. The zero-order valence-corrected chi connectivity index (χ0v) is 20.0. The van der Waals surface area contributed by atoms with Crippen molar-refractivity contribution in [1.82, 2.24) is 10.3 Å². The fourth-order valence-corrected chi connectivity index (χ4v) is 5.27. The number of carbonyl (C=O) groups is 3. The van der Waals surface area contributed by atoms with Gasteiger partial charge in [0.25, 0.3) is 5.91 Å². The monoisotopic (exact) mass is 476 g/mol. The normalized spacial score (nSPS) is 13.9. The summed E-state index contributed by atoms with van der Waals surface area (Å²) in [5.74, 6) is -1.13. The van der Waals surface area contributed by atoms with Gasteiger partial charge in [0.15, 0.2) is 5.13 Å². The van der Waals surface area contributed by atoms with Gasteiger partial charge in [-0.25, -0.2) is 9.78 Å². The Morgan fingerprint density at radius 1 is 1.28 bits per heavy atom. The van der Waals surface area contributed by atoms with E-state index in [0.29, 0.717) is 16.4 Å². The number of aliphatic carboxylic acids is 1. The number of carbonyl (C=O) groups excluding carboxylic acids is 2. The zero-order valence-electron chi connectivity index (χ0n) is 18.4. The lowest BCUT2D eigenvalue weighted by Gasteiger charge is -2.32. The number of nitrogens with zero attached hydrogens (tertiary/aromatic N) is 3. The first-order chi connectivity index (χ1) is 15.3. The van der Waals surface area contributed by atoms with E-state index in [1.807, 2.05) is 19.9 Å². The molecule has 1 saturated carbocycles. The highest BCUT2D eigenvalue weighted by molar-refractivity contribution is 8.01. The third-order valence-electron chi connectivity index (χ3n) is 5.09. The molecule has 1 aliphatic rings. The summed E-state index contributed by atoms with van der Waals surface area (Å²) in [6, 6.07) is 7.00. The Bertz CT molecular complexity index is 972. The van der Waals surface area contributed by atoms with Crippen molar-refractivity contribution in [2.75, 3.05) is 22.6 Å². The summed E-state index contributed by atoms with van der Waals surface area (Å²) in [5.41, 5.74) is 1.19. The minimum Gasteiger partial charge on any atom is -0.481 e. The molecule has 0 atom stereocenters. The molecule has 0 aliphatic heterocycles. The molecule has 0 saturated heterocycles. The van der Waals surface area contributed by atoms with Crippen LogP contribution >= 0.6 is 23.1 Å². The van der Waals surface area contributed by atoms with E-state index in [9.17, 15) is 14.4 Å². The largest absolute Gasteiger partial charge is 0.481 e. The summed E-state index contributed by atoms with van der Waals surface area (Å²) >= 11 is 2.46. The molecule has 1 aliphatic carbocycles. The predicted octanol–water partition coefficient (Wildman–Crippen LogP) is 4.46. The van der Waals surface area contributed by atoms with Gasteiger partial charge in [-0.2, -0.15) is 0 Å². The van der Waals surface area contributed by atoms with E-state index in [1.165, 1.54) is 28.0 Å². The number of rotatable bonds is 8. The predicted molar refractivity (Wildman–Crippen MR) is 128 cm³/mol. The maximum Gasteiger partial charge on any atom is 0.330 e. The third-order valence-corrected chi connectivity index (χ3v) is 7.34. The van der Waals surface area contributed by atoms with Crippen molar-refractivity contribution in [1.29, 1.82) is 0 Å². The number of amides is 3. The molecule has 10 heteroatoms. The third kappa shape index (κ3) is 6.01. The first kappa shape index (κ1) is 24.1. The van der Waals surface area contributed by atoms with Crippen molar-refractivity contribution >= 4 is 51.8 Å². The second-order valence-electron chi connectivity index (χ2n) is 7.97. The first-order valence-electron chi connectivity index (χ1n) is 10.5. The van der Waals surface area contributed by atoms with Crippen LogP contribution in [0.25, 0.3) is 0 Å². The van der Waals surface area contributed by atoms with Gasteiger partial charge in [0.1, 0.15) is 0 Å². The number of carboxylic acid groups (broad SMARTS) is 1. The summed E-state index contributed by atoms with van der Waals surface area (Å²) < 4.78 is 0.738. The Morgan fingerprint density at radius 3 is 2.66 bits per heavy atom. The molecule has 1 fully saturated rings. The van der Waals surface area contributed by atoms with Crippen molar-refractivity contribution in [3.8, 4) is 0 Å². The van der Waals surface area contributed by atoms with Crippen LogP contribution in [0.5, 0.6) is 0 Å². The van der Waals surface area contributed by atoms with Gasteiger partial charge >= 0.3 is 12.0 Å². The molecule has 0 unspecified atom stereocenters. The van der Waals surface area contributed by atoms with Gasteiger partial charge in [-0.15, -0.1) is 11.8 Å². The van der Waals surface area contributed by atoms with Crippen LogP contribution in [-0.4, -0.2) is 52.9 Å². The molecule has 8 nitrogen and oxygen atoms in total. The van der Waals surface area contributed by atoms with Crippen LogP contribution < -0.4 is 15.1 Å². The van der Waals surface area contributed by atoms with Crippen LogP contribution in [0.1, 0.15) is 49.9 Å². The quantitative estimate of drug-likeness (QED) is 0.545. The molecule has 0 radical (unpaired) electrons. The van der Waals surface area contributed by atoms with Gasteiger partial charge in [-0.1, -0.05) is 30.2 Å². The first-order valence-corrected chi connectivity index (χ1v) is 12.3. The van der Waals surface area contributed by atoms with Gasteiger partial charge in [-0.3, -0.25) is 19.4 Å². The van der Waals surface area contributed by atoms with Gasteiger partial charge in [0.05, 0.1) is 16.2 Å². The number of benzene rings is 1. The summed E-state index contributed by atoms with van der Waals surface area (Å²) in [5, 5.41) is 12.3. The maximum absolute atomic E-state index is 13.6. The highest BCUT2D eigenvalue weighted by Gasteiger charge is 2.32. The van der Waals surface area contributed by atoms with E-state index in [4.69, 9.17) is 5.11 Å². The molecule has 32 heavy (non-hydrogen) atoms. The Labute approximate surface area is 196 Å². The van der Waals surface area contributed by atoms with Crippen molar-refractivity contribution in [2.24, 2.45) is 0 Å². The molecule has 3 amide bonds. The van der Waals surface area contributed by atoms with Crippen molar-refractivity contribution < 1.29 is 19.5 Å². The van der Waals surface area contributed by atoms with Gasteiger partial charge in [-0.05, 0) is 44.9 Å². The van der Waals surface area contributed by atoms with Crippen LogP contribution in [-0.2, 0) is 4.79 Å². The molecule has 1 aromatic heterocycles. The molecule has 3 rings (SSSR count). The number of thioether (sulfide) groups is 1. The van der Waals surface area contributed by atoms with Crippen molar-refractivity contribution in [3.63, 3.8) is 0 Å². The fourth-order valence-electron chi connectivity index (χ4n) is 3.63. The Morgan fingerprint density at radius 2 is 2.00 bits per heavy atom. The topological polar surface area (TPSA) is 103 Å². The summed E-state index contributed by atoms with van der Waals surface area (Å²) in [4.78, 5) is 44.5. The molecular formula is C22H28N4O4S2. The number of hydrogen-bond donors (Lipinski definition) is 2. The van der Waals surface area contributed by atoms with Crippen LogP contribution in [0, 0.1) is 0 Å². The lowest BCUT2D eigenvalue weighted by molar-refractivity contribution is -0.133. The van der Waals surface area contributed by atoms with Crippen molar-refractivity contribution in [2.45, 2.75) is 55.8 Å². The van der Waals surface area contributed by atoms with E-state index >= 15 is 0 Å². The van der Waals surface area contributed by atoms with Gasteiger partial charge in [0.2, 0.25) is 0 Å². The minimum absolute atomic E-state index is 0.0166. The molecule has 0 bridgehead atoms. The van der Waals surface area contributed by atoms with Crippen molar-refractivity contribution in [3.05, 3.63) is 36.0 Å². The van der Waals surface area contributed by atoms with Crippen LogP contribution in [0.2, 0.25) is 0 Å². The van der Waals surface area contributed by atoms with E-state index < -0.39 is 5.97 Å². The number of nitrogens with one attached hydrogen (secondary N) is 1. The molecule has 2 N–H and O–H groups in total. The molecule has 172 valence electrons. The smallest absolute Gasteiger partial charge is 0.330 e. The molecule has 1 heterocycles. The number of urea groups is 1. The van der Waals surface area contributed by atoms with Gasteiger partial charge in [0, 0.05) is 30.4 Å². The second-order valence-corrected chi connectivity index (χ2v) is 10.3. The average molecular weight is 477 g/mol. The molecule has 2 aromatic rings. The lowest BCUT2D eigenvalue weighted by Crippen LogP contribution is -2.46.